The van der Waals surface area contributed by atoms with Crippen LogP contribution in [0.4, 0.5) is 15.8 Å². The van der Waals surface area contributed by atoms with E-state index in [-0.39, 0.29) is 15.6 Å². The molecule has 0 unspecified atom stereocenters. The SMILES string of the molecule is Cc1ccc(F)cc1NC(=O)c1cc(N)cc(Cl)c1Cl. The van der Waals surface area contributed by atoms with Crippen LogP contribution in [0.1, 0.15) is 15.9 Å². The van der Waals surface area contributed by atoms with E-state index in [1.807, 2.05) is 0 Å². The number of aryl methyl sites for hydroxylation is 1. The van der Waals surface area contributed by atoms with Gasteiger partial charge in [-0.25, -0.2) is 4.39 Å². The van der Waals surface area contributed by atoms with Crippen LogP contribution < -0.4 is 11.1 Å². The summed E-state index contributed by atoms with van der Waals surface area (Å²) in [6, 6.07) is 6.98. The first kappa shape index (κ1) is 14.6. The smallest absolute Gasteiger partial charge is 0.257 e. The lowest BCUT2D eigenvalue weighted by atomic mass is 10.1. The van der Waals surface area contributed by atoms with Gasteiger partial charge in [-0.3, -0.25) is 4.79 Å². The van der Waals surface area contributed by atoms with Gasteiger partial charge in [-0.2, -0.15) is 0 Å². The minimum Gasteiger partial charge on any atom is -0.399 e. The fourth-order valence-electron chi connectivity index (χ4n) is 1.69. The van der Waals surface area contributed by atoms with Crippen LogP contribution in [0.15, 0.2) is 30.3 Å². The molecule has 0 spiro atoms. The molecule has 0 aliphatic carbocycles. The molecule has 1 amide bonds. The van der Waals surface area contributed by atoms with Crippen molar-refractivity contribution in [3.05, 3.63) is 57.3 Å². The Hall–Kier alpha value is -1.78. The van der Waals surface area contributed by atoms with E-state index in [4.69, 9.17) is 28.9 Å². The fourth-order valence-corrected chi connectivity index (χ4v) is 2.12. The first-order valence-corrected chi connectivity index (χ1v) is 6.46. The van der Waals surface area contributed by atoms with Crippen LogP contribution in [-0.2, 0) is 0 Å². The minimum atomic E-state index is -0.502. The second-order valence-corrected chi connectivity index (χ2v) is 5.06. The second-order valence-electron chi connectivity index (χ2n) is 4.28. The number of anilines is 2. The van der Waals surface area contributed by atoms with Crippen LogP contribution in [0.5, 0.6) is 0 Å². The third-order valence-electron chi connectivity index (χ3n) is 2.74. The molecule has 6 heteroatoms. The molecule has 0 saturated carbocycles. The predicted molar refractivity (Wildman–Crippen MR) is 80.0 cm³/mol. The van der Waals surface area contributed by atoms with Gasteiger partial charge < -0.3 is 11.1 Å². The van der Waals surface area contributed by atoms with Crippen molar-refractivity contribution in [2.24, 2.45) is 0 Å². The Balaban J connectivity index is 2.35. The van der Waals surface area contributed by atoms with Gasteiger partial charge in [0.1, 0.15) is 5.82 Å². The third kappa shape index (κ3) is 3.03. The Kier molecular flexibility index (Phi) is 4.16. The average Bonchev–Trinajstić information content (AvgIpc) is 2.38. The molecule has 0 radical (unpaired) electrons. The first-order valence-electron chi connectivity index (χ1n) is 5.70. The summed E-state index contributed by atoms with van der Waals surface area (Å²) in [6.07, 6.45) is 0. The molecule has 0 bridgehead atoms. The Morgan fingerprint density at radius 3 is 2.65 bits per heavy atom. The molecular formula is C14H11Cl2FN2O. The number of rotatable bonds is 2. The average molecular weight is 313 g/mol. The number of hydrogen-bond donors (Lipinski definition) is 2. The van der Waals surface area contributed by atoms with E-state index in [9.17, 15) is 9.18 Å². The van der Waals surface area contributed by atoms with Crippen molar-refractivity contribution in [3.8, 4) is 0 Å². The molecule has 3 N–H and O–H groups in total. The summed E-state index contributed by atoms with van der Waals surface area (Å²) in [5.74, 6) is -0.944. The van der Waals surface area contributed by atoms with E-state index in [0.29, 0.717) is 11.4 Å². The molecule has 2 aromatic rings. The molecular weight excluding hydrogens is 302 g/mol. The van der Waals surface area contributed by atoms with Crippen LogP contribution in [-0.4, -0.2) is 5.91 Å². The van der Waals surface area contributed by atoms with E-state index in [2.05, 4.69) is 5.32 Å². The lowest BCUT2D eigenvalue weighted by Gasteiger charge is -2.11. The Morgan fingerprint density at radius 2 is 1.95 bits per heavy atom. The number of nitrogens with two attached hydrogens (primary N) is 1. The van der Waals surface area contributed by atoms with Crippen LogP contribution >= 0.6 is 23.2 Å². The zero-order chi connectivity index (χ0) is 14.9. The number of nitrogens with one attached hydrogen (secondary N) is 1. The summed E-state index contributed by atoms with van der Waals surface area (Å²) in [6.45, 7) is 1.75. The van der Waals surface area contributed by atoms with Crippen LogP contribution in [0.3, 0.4) is 0 Å². The highest BCUT2D eigenvalue weighted by molar-refractivity contribution is 6.44. The monoisotopic (exact) mass is 312 g/mol. The molecule has 0 saturated heterocycles. The van der Waals surface area contributed by atoms with Crippen molar-refractivity contribution in [2.45, 2.75) is 6.92 Å². The van der Waals surface area contributed by atoms with Gasteiger partial charge in [-0.15, -0.1) is 0 Å². The zero-order valence-corrected chi connectivity index (χ0v) is 12.0. The quantitative estimate of drug-likeness (QED) is 0.813. The van der Waals surface area contributed by atoms with Crippen molar-refractivity contribution in [3.63, 3.8) is 0 Å². The van der Waals surface area contributed by atoms with E-state index >= 15 is 0 Å². The Labute approximate surface area is 125 Å². The lowest BCUT2D eigenvalue weighted by molar-refractivity contribution is 0.102. The van der Waals surface area contributed by atoms with E-state index in [1.165, 1.54) is 24.3 Å². The molecule has 0 heterocycles. The van der Waals surface area contributed by atoms with Gasteiger partial charge in [0.2, 0.25) is 0 Å². The number of nitrogen functional groups attached to an aromatic ring is 1. The minimum absolute atomic E-state index is 0.104. The highest BCUT2D eigenvalue weighted by Gasteiger charge is 2.15. The summed E-state index contributed by atoms with van der Waals surface area (Å²) in [7, 11) is 0. The normalized spacial score (nSPS) is 10.4. The number of halogens is 3. The van der Waals surface area contributed by atoms with Crippen molar-refractivity contribution in [1.29, 1.82) is 0 Å². The molecule has 2 aromatic carbocycles. The van der Waals surface area contributed by atoms with Crippen molar-refractivity contribution < 1.29 is 9.18 Å². The zero-order valence-electron chi connectivity index (χ0n) is 10.5. The molecule has 0 aliphatic rings. The van der Waals surface area contributed by atoms with Gasteiger partial charge in [0, 0.05) is 11.4 Å². The van der Waals surface area contributed by atoms with Crippen LogP contribution in [0.25, 0.3) is 0 Å². The van der Waals surface area contributed by atoms with Crippen molar-refractivity contribution in [1.82, 2.24) is 0 Å². The number of hydrogen-bond acceptors (Lipinski definition) is 2. The molecule has 0 atom stereocenters. The van der Waals surface area contributed by atoms with E-state index in [0.717, 1.165) is 5.56 Å². The molecule has 0 aliphatic heterocycles. The molecule has 20 heavy (non-hydrogen) atoms. The molecule has 0 aromatic heterocycles. The Morgan fingerprint density at radius 1 is 1.25 bits per heavy atom. The molecule has 3 nitrogen and oxygen atoms in total. The highest BCUT2D eigenvalue weighted by Crippen LogP contribution is 2.29. The fraction of sp³-hybridized carbons (Fsp3) is 0.0714. The summed E-state index contributed by atoms with van der Waals surface area (Å²) in [4.78, 5) is 12.2. The third-order valence-corrected chi connectivity index (χ3v) is 3.55. The Bertz CT molecular complexity index is 689. The number of amides is 1. The second kappa shape index (κ2) is 5.69. The topological polar surface area (TPSA) is 55.1 Å². The predicted octanol–water partition coefficient (Wildman–Crippen LogP) is 4.28. The number of carbonyl (C=O) groups excluding carboxylic acids is 1. The van der Waals surface area contributed by atoms with Gasteiger partial charge in [-0.05, 0) is 36.8 Å². The van der Waals surface area contributed by atoms with Gasteiger partial charge in [0.05, 0.1) is 15.6 Å². The summed E-state index contributed by atoms with van der Waals surface area (Å²) >= 11 is 11.8. The molecule has 2 rings (SSSR count). The van der Waals surface area contributed by atoms with Crippen LogP contribution in [0, 0.1) is 12.7 Å². The van der Waals surface area contributed by atoms with Gasteiger partial charge in [0.25, 0.3) is 5.91 Å². The van der Waals surface area contributed by atoms with E-state index in [1.54, 1.807) is 13.0 Å². The number of carbonyl (C=O) groups is 1. The summed E-state index contributed by atoms with van der Waals surface area (Å²) in [5, 5.41) is 2.88. The van der Waals surface area contributed by atoms with Gasteiger partial charge in [-0.1, -0.05) is 29.3 Å². The van der Waals surface area contributed by atoms with Crippen molar-refractivity contribution >= 4 is 40.5 Å². The maximum absolute atomic E-state index is 13.2. The van der Waals surface area contributed by atoms with Gasteiger partial charge in [0.15, 0.2) is 0 Å². The van der Waals surface area contributed by atoms with Gasteiger partial charge >= 0.3 is 0 Å². The summed E-state index contributed by atoms with van der Waals surface area (Å²) in [5.41, 5.74) is 7.18. The lowest BCUT2D eigenvalue weighted by Crippen LogP contribution is -2.14. The standard InChI is InChI=1S/C14H11Cl2FN2O/c1-7-2-3-8(17)4-12(7)19-14(20)10-5-9(18)6-11(15)13(10)16/h2-6H,18H2,1H3,(H,19,20). The largest absolute Gasteiger partial charge is 0.399 e. The highest BCUT2D eigenvalue weighted by atomic mass is 35.5. The molecule has 0 fully saturated rings. The van der Waals surface area contributed by atoms with Crippen LogP contribution in [0.2, 0.25) is 10.0 Å². The molecule has 104 valence electrons. The number of benzene rings is 2. The van der Waals surface area contributed by atoms with Crippen molar-refractivity contribution in [2.75, 3.05) is 11.1 Å². The van der Waals surface area contributed by atoms with E-state index < -0.39 is 11.7 Å². The first-order chi connectivity index (χ1) is 9.38. The maximum atomic E-state index is 13.2. The summed E-state index contributed by atoms with van der Waals surface area (Å²) < 4.78 is 13.2. The maximum Gasteiger partial charge on any atom is 0.257 e.